The molecule has 0 atom stereocenters. The van der Waals surface area contributed by atoms with Gasteiger partial charge in [-0.3, -0.25) is 0 Å². The number of unbranched alkanes of at least 4 members (excludes halogenated alkanes) is 2. The van der Waals surface area contributed by atoms with Crippen LogP contribution < -0.4 is 4.74 Å². The van der Waals surface area contributed by atoms with Crippen LogP contribution in [0.25, 0.3) is 39.7 Å². The van der Waals surface area contributed by atoms with Gasteiger partial charge >= 0.3 is 6.11 Å². The van der Waals surface area contributed by atoms with E-state index in [9.17, 15) is 35.1 Å². The van der Waals surface area contributed by atoms with E-state index in [0.717, 1.165) is 55.5 Å². The van der Waals surface area contributed by atoms with Gasteiger partial charge in [0.2, 0.25) is 0 Å². The molecular formula is C36H26F8N2O. The molecule has 0 N–H and O–H groups in total. The largest absolute Gasteiger partial charge is 0.429 e. The Morgan fingerprint density at radius 3 is 1.85 bits per heavy atom. The molecule has 3 nitrogen and oxygen atoms in total. The maximum atomic E-state index is 14.9. The highest BCUT2D eigenvalue weighted by Gasteiger charge is 2.29. The number of hydrogen-bond acceptors (Lipinski definition) is 3. The molecule has 1 heterocycles. The van der Waals surface area contributed by atoms with Gasteiger partial charge in [0.15, 0.2) is 23.3 Å². The van der Waals surface area contributed by atoms with Gasteiger partial charge in [-0.1, -0.05) is 44.0 Å². The fraction of sp³-hybridized carbons (Fsp3) is 0.167. The number of aryl methyl sites for hydroxylation is 1. The first-order valence-electron chi connectivity index (χ1n) is 14.6. The summed E-state index contributed by atoms with van der Waals surface area (Å²) in [6, 6.07) is 12.1. The molecule has 0 radical (unpaired) electrons. The van der Waals surface area contributed by atoms with E-state index in [4.69, 9.17) is 0 Å². The smallest absolute Gasteiger partial charge is 0.419 e. The van der Waals surface area contributed by atoms with Gasteiger partial charge < -0.3 is 4.74 Å². The minimum Gasteiger partial charge on any atom is -0.429 e. The molecular weight excluding hydrogens is 628 g/mol. The zero-order valence-electron chi connectivity index (χ0n) is 24.8. The summed E-state index contributed by atoms with van der Waals surface area (Å²) in [5.41, 5.74) is 0.811. The highest BCUT2D eigenvalue weighted by Crippen LogP contribution is 2.32. The number of halogens is 8. The van der Waals surface area contributed by atoms with E-state index in [0.29, 0.717) is 41.2 Å². The molecule has 0 saturated carbocycles. The highest BCUT2D eigenvalue weighted by atomic mass is 19.3. The first-order valence-corrected chi connectivity index (χ1v) is 14.6. The summed E-state index contributed by atoms with van der Waals surface area (Å²) >= 11 is 0. The van der Waals surface area contributed by atoms with Crippen molar-refractivity contribution in [2.75, 3.05) is 0 Å². The molecule has 0 aliphatic carbocycles. The van der Waals surface area contributed by atoms with Crippen molar-refractivity contribution in [2.45, 2.75) is 38.7 Å². The lowest BCUT2D eigenvalue weighted by atomic mass is 10.0. The molecule has 0 aliphatic rings. The second-order valence-corrected chi connectivity index (χ2v) is 10.7. The Bertz CT molecular complexity index is 1860. The Morgan fingerprint density at radius 1 is 0.660 bits per heavy atom. The average Bonchev–Trinajstić information content (AvgIpc) is 3.03. The molecule has 0 spiro atoms. The molecule has 5 rings (SSSR count). The lowest BCUT2D eigenvalue weighted by molar-refractivity contribution is -0.131. The second kappa shape index (κ2) is 14.1. The summed E-state index contributed by atoms with van der Waals surface area (Å²) in [5.74, 6) is -8.51. The SMILES string of the molecule is CCCCCc1cnc(-c2ccc(-c3cc(F)c(/C=C/C(F)(F)Oc4ccc(-c5cc(F)c(F)c(F)c5)c(F)c4)c(F)c3)cc2)nc1. The monoisotopic (exact) mass is 654 g/mol. The number of ether oxygens (including phenoxy) is 1. The fourth-order valence-electron chi connectivity index (χ4n) is 4.81. The van der Waals surface area contributed by atoms with Crippen LogP contribution >= 0.6 is 0 Å². The number of rotatable bonds is 11. The predicted octanol–water partition coefficient (Wildman–Crippen LogP) is 10.7. The molecule has 242 valence electrons. The summed E-state index contributed by atoms with van der Waals surface area (Å²) in [5, 5.41) is 0. The normalized spacial score (nSPS) is 11.8. The van der Waals surface area contributed by atoms with Crippen LogP contribution in [0.3, 0.4) is 0 Å². The molecule has 0 amide bonds. The van der Waals surface area contributed by atoms with Gasteiger partial charge in [0, 0.05) is 41.2 Å². The number of benzene rings is 4. The van der Waals surface area contributed by atoms with Gasteiger partial charge in [-0.15, -0.1) is 0 Å². The van der Waals surface area contributed by atoms with E-state index >= 15 is 0 Å². The fourth-order valence-corrected chi connectivity index (χ4v) is 4.81. The van der Waals surface area contributed by atoms with Gasteiger partial charge in [-0.05, 0) is 77.6 Å². The van der Waals surface area contributed by atoms with Crippen molar-refractivity contribution in [3.63, 3.8) is 0 Å². The van der Waals surface area contributed by atoms with Crippen LogP contribution in [0, 0.1) is 34.9 Å². The van der Waals surface area contributed by atoms with E-state index in [1.807, 2.05) is 0 Å². The van der Waals surface area contributed by atoms with Gasteiger partial charge in [0.1, 0.15) is 23.2 Å². The lowest BCUT2D eigenvalue weighted by Gasteiger charge is -2.15. The summed E-state index contributed by atoms with van der Waals surface area (Å²) in [6.07, 6.45) is 4.17. The van der Waals surface area contributed by atoms with Crippen LogP contribution in [0.4, 0.5) is 35.1 Å². The molecule has 0 saturated heterocycles. The summed E-state index contributed by atoms with van der Waals surface area (Å²) in [6.45, 7) is 2.13. The van der Waals surface area contributed by atoms with Crippen LogP contribution in [0.2, 0.25) is 0 Å². The Morgan fingerprint density at radius 2 is 1.26 bits per heavy atom. The van der Waals surface area contributed by atoms with Crippen LogP contribution in [0.5, 0.6) is 5.75 Å². The molecule has 4 aromatic carbocycles. The van der Waals surface area contributed by atoms with Gasteiger partial charge in [-0.2, -0.15) is 8.78 Å². The Hall–Kier alpha value is -5.06. The van der Waals surface area contributed by atoms with Crippen molar-refractivity contribution in [3.8, 4) is 39.4 Å². The minimum absolute atomic E-state index is 0.0919. The molecule has 0 bridgehead atoms. The van der Waals surface area contributed by atoms with Crippen LogP contribution in [-0.2, 0) is 6.42 Å². The molecule has 0 aliphatic heterocycles. The topological polar surface area (TPSA) is 35.0 Å². The predicted molar refractivity (Wildman–Crippen MR) is 162 cm³/mol. The quantitative estimate of drug-likeness (QED) is 0.0808. The van der Waals surface area contributed by atoms with Crippen LogP contribution in [0.15, 0.2) is 85.2 Å². The lowest BCUT2D eigenvalue weighted by Crippen LogP contribution is -2.21. The summed E-state index contributed by atoms with van der Waals surface area (Å²) in [4.78, 5) is 8.80. The number of hydrogen-bond donors (Lipinski definition) is 0. The Kier molecular flexibility index (Phi) is 10.0. The Balaban J connectivity index is 1.27. The van der Waals surface area contributed by atoms with Gasteiger partial charge in [0.25, 0.3) is 0 Å². The molecule has 47 heavy (non-hydrogen) atoms. The van der Waals surface area contributed by atoms with Crippen molar-refractivity contribution in [1.82, 2.24) is 9.97 Å². The third kappa shape index (κ3) is 8.03. The van der Waals surface area contributed by atoms with Crippen molar-refractivity contribution in [3.05, 3.63) is 131 Å². The average molecular weight is 655 g/mol. The molecule has 1 aromatic heterocycles. The maximum Gasteiger partial charge on any atom is 0.419 e. The van der Waals surface area contributed by atoms with E-state index in [1.165, 1.54) is 0 Å². The van der Waals surface area contributed by atoms with Crippen LogP contribution in [-0.4, -0.2) is 16.1 Å². The zero-order valence-corrected chi connectivity index (χ0v) is 24.8. The third-order valence-electron chi connectivity index (χ3n) is 7.26. The number of nitrogens with zero attached hydrogens (tertiary/aromatic N) is 2. The van der Waals surface area contributed by atoms with Crippen molar-refractivity contribution in [1.29, 1.82) is 0 Å². The zero-order chi connectivity index (χ0) is 33.7. The van der Waals surface area contributed by atoms with E-state index < -0.39 is 57.9 Å². The van der Waals surface area contributed by atoms with Gasteiger partial charge in [0.05, 0.1) is 0 Å². The molecule has 0 unspecified atom stereocenters. The van der Waals surface area contributed by atoms with E-state index in [-0.39, 0.29) is 17.2 Å². The highest BCUT2D eigenvalue weighted by molar-refractivity contribution is 5.70. The number of alkyl halides is 2. The number of aromatic nitrogens is 2. The standard InChI is InChI=1S/C36H26F8N2O/c1-2-3-4-5-21-19-45-35(46-20-21)23-8-6-22(7-9-23)24-14-29(37)28(30(38)15-24)12-13-36(43,44)47-26-10-11-27(31(39)18-26)25-16-32(40)34(42)33(41)17-25/h6-20H,2-5H2,1H3/b13-12+. The van der Waals surface area contributed by atoms with Crippen LogP contribution in [0.1, 0.15) is 37.3 Å². The van der Waals surface area contributed by atoms with E-state index in [1.54, 1.807) is 36.7 Å². The molecule has 0 fully saturated rings. The summed E-state index contributed by atoms with van der Waals surface area (Å²) < 4.78 is 118. The molecule has 5 aromatic rings. The first kappa shape index (κ1) is 33.3. The van der Waals surface area contributed by atoms with E-state index in [2.05, 4.69) is 21.6 Å². The summed E-state index contributed by atoms with van der Waals surface area (Å²) in [7, 11) is 0. The molecule has 11 heteroatoms. The second-order valence-electron chi connectivity index (χ2n) is 10.7. The maximum absolute atomic E-state index is 14.9. The van der Waals surface area contributed by atoms with Gasteiger partial charge in [-0.25, -0.2) is 36.3 Å². The third-order valence-corrected chi connectivity index (χ3v) is 7.26. The van der Waals surface area contributed by atoms with Crippen molar-refractivity contribution >= 4 is 6.08 Å². The Labute approximate surface area is 265 Å². The minimum atomic E-state index is -4.15. The van der Waals surface area contributed by atoms with Crippen molar-refractivity contribution < 1.29 is 39.9 Å². The van der Waals surface area contributed by atoms with Crippen molar-refractivity contribution in [2.24, 2.45) is 0 Å². The first-order chi connectivity index (χ1) is 22.4.